The van der Waals surface area contributed by atoms with Crippen molar-refractivity contribution in [2.75, 3.05) is 7.11 Å². The van der Waals surface area contributed by atoms with E-state index in [1.54, 1.807) is 0 Å². The summed E-state index contributed by atoms with van der Waals surface area (Å²) in [5.74, 6) is -3.66. The molecule has 0 radical (unpaired) electrons. The van der Waals surface area contributed by atoms with Crippen molar-refractivity contribution in [3.05, 3.63) is 47.0 Å². The lowest BCUT2D eigenvalue weighted by molar-refractivity contribution is -0.0474. The molecule has 0 amide bonds. The summed E-state index contributed by atoms with van der Waals surface area (Å²) in [7, 11) is -3.44. The normalized spacial score (nSPS) is 14.4. The zero-order chi connectivity index (χ0) is 18.0. The Labute approximate surface area is 140 Å². The lowest BCUT2D eigenvalue weighted by Gasteiger charge is -2.25. The van der Waals surface area contributed by atoms with Crippen molar-refractivity contribution in [1.29, 1.82) is 0 Å². The van der Waals surface area contributed by atoms with Crippen molar-refractivity contribution in [3.8, 4) is 5.88 Å². The van der Waals surface area contributed by atoms with Gasteiger partial charge >= 0.3 is 0 Å². The SMILES string of the molecule is COc1ccc(S(=O)(=O)NC(F)(c2ccc(Cl)cc2)C(F)F)nn1. The molecule has 0 bridgehead atoms. The molecule has 0 aliphatic rings. The van der Waals surface area contributed by atoms with Gasteiger partial charge in [-0.1, -0.05) is 23.7 Å². The van der Waals surface area contributed by atoms with Crippen LogP contribution in [0.1, 0.15) is 5.56 Å². The Morgan fingerprint density at radius 2 is 1.79 bits per heavy atom. The van der Waals surface area contributed by atoms with E-state index in [-0.39, 0.29) is 10.9 Å². The summed E-state index contributed by atoms with van der Waals surface area (Å²) in [5.41, 5.74) is -0.605. The average molecular weight is 382 g/mol. The predicted molar refractivity (Wildman–Crippen MR) is 79.1 cm³/mol. The van der Waals surface area contributed by atoms with Crippen LogP contribution in [0, 0.1) is 0 Å². The van der Waals surface area contributed by atoms with E-state index >= 15 is 0 Å². The predicted octanol–water partition coefficient (Wildman–Crippen LogP) is 2.50. The Balaban J connectivity index is 2.40. The molecule has 2 aromatic rings. The van der Waals surface area contributed by atoms with Crippen molar-refractivity contribution < 1.29 is 26.3 Å². The van der Waals surface area contributed by atoms with Crippen molar-refractivity contribution in [3.63, 3.8) is 0 Å². The van der Waals surface area contributed by atoms with Crippen LogP contribution in [-0.2, 0) is 15.8 Å². The van der Waals surface area contributed by atoms with Gasteiger partial charge in [0.1, 0.15) is 0 Å². The molecule has 0 fully saturated rings. The first-order valence-electron chi connectivity index (χ1n) is 6.34. The molecule has 1 N–H and O–H groups in total. The van der Waals surface area contributed by atoms with Gasteiger partial charge in [-0.2, -0.15) is 4.72 Å². The molecule has 24 heavy (non-hydrogen) atoms. The van der Waals surface area contributed by atoms with Gasteiger partial charge in [0.2, 0.25) is 5.88 Å². The number of nitrogens with one attached hydrogen (secondary N) is 1. The first kappa shape index (κ1) is 18.4. The van der Waals surface area contributed by atoms with Gasteiger partial charge in [-0.3, -0.25) is 0 Å². The molecule has 6 nitrogen and oxygen atoms in total. The molecular weight excluding hydrogens is 371 g/mol. The highest BCUT2D eigenvalue weighted by atomic mass is 35.5. The fourth-order valence-corrected chi connectivity index (χ4v) is 2.95. The van der Waals surface area contributed by atoms with Crippen LogP contribution in [0.5, 0.6) is 5.88 Å². The van der Waals surface area contributed by atoms with Crippen LogP contribution in [0.2, 0.25) is 5.02 Å². The minimum atomic E-state index is -4.71. The molecule has 1 aromatic carbocycles. The number of methoxy groups -OCH3 is 1. The fourth-order valence-electron chi connectivity index (χ4n) is 1.73. The van der Waals surface area contributed by atoms with E-state index in [4.69, 9.17) is 16.3 Å². The molecule has 0 aliphatic heterocycles. The van der Waals surface area contributed by atoms with Crippen LogP contribution in [0.3, 0.4) is 0 Å². The summed E-state index contributed by atoms with van der Waals surface area (Å²) >= 11 is 5.62. The number of hydrogen-bond acceptors (Lipinski definition) is 5. The summed E-state index contributed by atoms with van der Waals surface area (Å²) in [6.07, 6.45) is -3.68. The van der Waals surface area contributed by atoms with E-state index in [1.807, 2.05) is 0 Å². The number of benzene rings is 1. The first-order chi connectivity index (χ1) is 11.2. The summed E-state index contributed by atoms with van der Waals surface area (Å²) in [4.78, 5) is 0. The second-order valence-electron chi connectivity index (χ2n) is 4.54. The van der Waals surface area contributed by atoms with E-state index in [9.17, 15) is 21.6 Å². The van der Waals surface area contributed by atoms with Crippen LogP contribution in [0.25, 0.3) is 0 Å². The van der Waals surface area contributed by atoms with Gasteiger partial charge in [0.05, 0.1) is 7.11 Å². The maximum Gasteiger partial charge on any atom is 0.290 e. The summed E-state index contributed by atoms with van der Waals surface area (Å²) in [6.45, 7) is 0. The number of ether oxygens (including phenoxy) is 1. The van der Waals surface area contributed by atoms with Gasteiger partial charge in [0.15, 0.2) is 5.03 Å². The van der Waals surface area contributed by atoms with Crippen molar-refractivity contribution in [1.82, 2.24) is 14.9 Å². The van der Waals surface area contributed by atoms with E-state index in [2.05, 4.69) is 10.2 Å². The van der Waals surface area contributed by atoms with E-state index in [0.717, 1.165) is 36.4 Å². The monoisotopic (exact) mass is 381 g/mol. The number of aromatic nitrogens is 2. The second kappa shape index (κ2) is 6.91. The number of hydrogen-bond donors (Lipinski definition) is 1. The first-order valence-corrected chi connectivity index (χ1v) is 8.20. The molecule has 1 atom stereocenters. The quantitative estimate of drug-likeness (QED) is 0.777. The molecule has 1 unspecified atom stereocenters. The minimum Gasteiger partial charge on any atom is -0.480 e. The highest BCUT2D eigenvalue weighted by molar-refractivity contribution is 7.89. The van der Waals surface area contributed by atoms with E-state index in [1.165, 1.54) is 11.8 Å². The van der Waals surface area contributed by atoms with Crippen molar-refractivity contribution >= 4 is 21.6 Å². The molecule has 0 spiro atoms. The third kappa shape index (κ3) is 3.77. The Hall–Kier alpha value is -1.91. The van der Waals surface area contributed by atoms with E-state index in [0.29, 0.717) is 0 Å². The highest BCUT2D eigenvalue weighted by Crippen LogP contribution is 2.32. The maximum absolute atomic E-state index is 14.7. The van der Waals surface area contributed by atoms with Crippen LogP contribution in [0.4, 0.5) is 13.2 Å². The van der Waals surface area contributed by atoms with Gasteiger partial charge in [-0.05, 0) is 18.2 Å². The number of alkyl halides is 3. The largest absolute Gasteiger partial charge is 0.480 e. The molecule has 0 saturated carbocycles. The Kier molecular flexibility index (Phi) is 5.31. The smallest absolute Gasteiger partial charge is 0.290 e. The number of halogens is 4. The molecule has 0 saturated heterocycles. The number of rotatable bonds is 6. The third-order valence-electron chi connectivity index (χ3n) is 2.95. The average Bonchev–Trinajstić information content (AvgIpc) is 2.54. The standard InChI is InChI=1S/C13H11ClF3N3O3S/c1-23-10-6-7-11(19-18-10)24(21,22)20-13(17,12(15)16)8-2-4-9(14)5-3-8/h2-7,12,20H,1H3. The summed E-state index contributed by atoms with van der Waals surface area (Å²) in [5, 5.41) is 6.16. The molecule has 1 aromatic heterocycles. The van der Waals surface area contributed by atoms with Gasteiger partial charge in [0, 0.05) is 16.7 Å². The van der Waals surface area contributed by atoms with Crippen molar-refractivity contribution in [2.24, 2.45) is 0 Å². The van der Waals surface area contributed by atoms with Crippen LogP contribution in [0.15, 0.2) is 41.4 Å². The van der Waals surface area contributed by atoms with Gasteiger partial charge in [-0.15, -0.1) is 10.2 Å². The summed E-state index contributed by atoms with van der Waals surface area (Å²) < 4.78 is 71.5. The Morgan fingerprint density at radius 1 is 1.17 bits per heavy atom. The molecule has 11 heteroatoms. The lowest BCUT2D eigenvalue weighted by atomic mass is 10.1. The van der Waals surface area contributed by atoms with Crippen LogP contribution >= 0.6 is 11.6 Å². The number of nitrogens with zero attached hydrogens (tertiary/aromatic N) is 2. The maximum atomic E-state index is 14.7. The molecule has 0 aliphatic carbocycles. The summed E-state index contributed by atoms with van der Waals surface area (Å²) in [6, 6.07) is 6.33. The van der Waals surface area contributed by atoms with Gasteiger partial charge in [0.25, 0.3) is 22.2 Å². The lowest BCUT2D eigenvalue weighted by Crippen LogP contribution is -2.47. The topological polar surface area (TPSA) is 81.2 Å². The molecule has 1 heterocycles. The van der Waals surface area contributed by atoms with Crippen molar-refractivity contribution in [2.45, 2.75) is 17.2 Å². The van der Waals surface area contributed by atoms with Crippen LogP contribution in [-0.4, -0.2) is 32.2 Å². The van der Waals surface area contributed by atoms with E-state index < -0.39 is 32.8 Å². The Bertz CT molecular complexity index is 803. The zero-order valence-corrected chi connectivity index (χ0v) is 13.7. The Morgan fingerprint density at radius 3 is 2.25 bits per heavy atom. The molecule has 130 valence electrons. The molecular formula is C13H11ClF3N3O3S. The van der Waals surface area contributed by atoms with Crippen LogP contribution < -0.4 is 9.46 Å². The van der Waals surface area contributed by atoms with Gasteiger partial charge in [-0.25, -0.2) is 21.6 Å². The van der Waals surface area contributed by atoms with Gasteiger partial charge < -0.3 is 4.74 Å². The number of sulfonamides is 1. The fraction of sp³-hybridized carbons (Fsp3) is 0.231. The molecule has 2 rings (SSSR count). The highest BCUT2D eigenvalue weighted by Gasteiger charge is 2.46. The second-order valence-corrected chi connectivity index (χ2v) is 6.60. The third-order valence-corrected chi connectivity index (χ3v) is 4.53. The minimum absolute atomic E-state index is 0.00650. The zero-order valence-electron chi connectivity index (χ0n) is 12.1.